The lowest BCUT2D eigenvalue weighted by Crippen LogP contribution is -2.32. The third-order valence-electron chi connectivity index (χ3n) is 4.83. The number of benzene rings is 2. The fourth-order valence-electron chi connectivity index (χ4n) is 3.00. The number of aryl methyl sites for hydroxylation is 1. The van der Waals surface area contributed by atoms with Crippen LogP contribution < -0.4 is 10.6 Å². The van der Waals surface area contributed by atoms with E-state index in [0.29, 0.717) is 22.2 Å². The molecule has 3 rings (SSSR count). The number of hydrogen-bond donors (Lipinski definition) is 3. The first kappa shape index (κ1) is 25.1. The van der Waals surface area contributed by atoms with Crippen LogP contribution in [0.15, 0.2) is 47.6 Å². The molecule has 0 radical (unpaired) electrons. The summed E-state index contributed by atoms with van der Waals surface area (Å²) in [6.07, 6.45) is 0. The number of nitrogens with zero attached hydrogens (tertiary/aromatic N) is 4. The van der Waals surface area contributed by atoms with Crippen molar-refractivity contribution in [2.45, 2.75) is 18.1 Å². The van der Waals surface area contributed by atoms with Crippen molar-refractivity contribution in [1.82, 2.24) is 20.1 Å². The summed E-state index contributed by atoms with van der Waals surface area (Å²) < 4.78 is 1.56. The maximum Gasteiger partial charge on any atom is 0.271 e. The maximum atomic E-state index is 12.5. The van der Waals surface area contributed by atoms with Crippen LogP contribution in [-0.4, -0.2) is 49.0 Å². The summed E-state index contributed by atoms with van der Waals surface area (Å²) in [6, 6.07) is 9.89. The van der Waals surface area contributed by atoms with Crippen LogP contribution in [0.25, 0.3) is 0 Å². The van der Waals surface area contributed by atoms with Crippen LogP contribution in [0.3, 0.4) is 0 Å². The van der Waals surface area contributed by atoms with Gasteiger partial charge in [-0.2, -0.15) is 0 Å². The lowest BCUT2D eigenvalue weighted by Gasteiger charge is -2.16. The Morgan fingerprint density at radius 2 is 2.00 bits per heavy atom. The van der Waals surface area contributed by atoms with Gasteiger partial charge < -0.3 is 20.3 Å². The van der Waals surface area contributed by atoms with Crippen LogP contribution in [0.1, 0.15) is 27.8 Å². The molecule has 2 amide bonds. The van der Waals surface area contributed by atoms with Crippen molar-refractivity contribution in [1.29, 1.82) is 0 Å². The molecular formula is C21H21ClN6O5S. The van der Waals surface area contributed by atoms with Gasteiger partial charge in [0.15, 0.2) is 11.0 Å². The van der Waals surface area contributed by atoms with Gasteiger partial charge in [0.1, 0.15) is 6.04 Å². The summed E-state index contributed by atoms with van der Waals surface area (Å²) in [5.74, 6) is -0.609. The average Bonchev–Trinajstić information content (AvgIpc) is 3.17. The summed E-state index contributed by atoms with van der Waals surface area (Å²) in [6.45, 7) is 1.30. The Labute approximate surface area is 203 Å². The highest BCUT2D eigenvalue weighted by molar-refractivity contribution is 7.99. The van der Waals surface area contributed by atoms with E-state index in [1.807, 2.05) is 0 Å². The van der Waals surface area contributed by atoms with Crippen LogP contribution in [0.2, 0.25) is 5.02 Å². The predicted molar refractivity (Wildman–Crippen MR) is 127 cm³/mol. The molecule has 178 valence electrons. The van der Waals surface area contributed by atoms with Gasteiger partial charge in [-0.05, 0) is 24.6 Å². The molecule has 3 aromatic rings. The number of nitro groups is 1. The number of halogens is 1. The first-order valence-electron chi connectivity index (χ1n) is 9.94. The van der Waals surface area contributed by atoms with Gasteiger partial charge in [0.05, 0.1) is 33.6 Å². The minimum atomic E-state index is -0.850. The minimum Gasteiger partial charge on any atom is -0.394 e. The number of non-ortho nitro benzene ring substituents is 1. The molecule has 13 heteroatoms. The van der Waals surface area contributed by atoms with Crippen LogP contribution >= 0.6 is 23.4 Å². The lowest BCUT2D eigenvalue weighted by atomic mass is 10.2. The topological polar surface area (TPSA) is 152 Å². The molecule has 2 aromatic carbocycles. The highest BCUT2D eigenvalue weighted by atomic mass is 35.5. The molecule has 1 atom stereocenters. The van der Waals surface area contributed by atoms with E-state index in [4.69, 9.17) is 11.6 Å². The summed E-state index contributed by atoms with van der Waals surface area (Å²) in [4.78, 5) is 35.4. The van der Waals surface area contributed by atoms with Crippen molar-refractivity contribution in [2.75, 3.05) is 17.7 Å². The molecule has 3 N–H and O–H groups in total. The average molecular weight is 505 g/mol. The molecule has 0 aliphatic rings. The van der Waals surface area contributed by atoms with Crippen molar-refractivity contribution >= 4 is 46.6 Å². The number of thioether (sulfide) groups is 1. The molecule has 0 spiro atoms. The van der Waals surface area contributed by atoms with Gasteiger partial charge in [0.25, 0.3) is 11.6 Å². The van der Waals surface area contributed by atoms with Crippen LogP contribution in [0, 0.1) is 17.0 Å². The number of carbonyl (C=O) groups excluding carboxylic acids is 2. The molecule has 1 aromatic heterocycles. The first-order chi connectivity index (χ1) is 16.2. The zero-order valence-corrected chi connectivity index (χ0v) is 19.8. The molecule has 11 nitrogen and oxygen atoms in total. The third kappa shape index (κ3) is 5.90. The fraction of sp³-hybridized carbons (Fsp3) is 0.238. The van der Waals surface area contributed by atoms with Crippen molar-refractivity contribution < 1.29 is 19.6 Å². The van der Waals surface area contributed by atoms with E-state index < -0.39 is 23.5 Å². The predicted octanol–water partition coefficient (Wildman–Crippen LogP) is 2.88. The van der Waals surface area contributed by atoms with Gasteiger partial charge in [-0.25, -0.2) is 0 Å². The molecule has 1 heterocycles. The van der Waals surface area contributed by atoms with E-state index in [2.05, 4.69) is 20.8 Å². The largest absolute Gasteiger partial charge is 0.394 e. The standard InChI is InChI=1S/C21H21ClN6O5S/c1-12-7-8-13(28(32)33)9-16(12)23-18(30)11-34-21-26-25-19(27(21)2)17(10-29)24-20(31)14-5-3-4-6-15(14)22/h3-9,17,29H,10-11H2,1-2H3,(H,23,30)(H,24,31)/t17-/m1/s1. The van der Waals surface area contributed by atoms with Gasteiger partial charge in [0, 0.05) is 19.2 Å². The molecule has 0 saturated carbocycles. The lowest BCUT2D eigenvalue weighted by molar-refractivity contribution is -0.384. The smallest absolute Gasteiger partial charge is 0.271 e. The van der Waals surface area contributed by atoms with Crippen molar-refractivity contribution in [2.24, 2.45) is 7.05 Å². The third-order valence-corrected chi connectivity index (χ3v) is 6.17. The number of hydrogen-bond acceptors (Lipinski definition) is 8. The van der Waals surface area contributed by atoms with E-state index in [-0.39, 0.29) is 27.9 Å². The number of carbonyl (C=O) groups is 2. The van der Waals surface area contributed by atoms with E-state index in [1.54, 1.807) is 48.9 Å². The van der Waals surface area contributed by atoms with Gasteiger partial charge in [-0.1, -0.05) is 41.6 Å². The fourth-order valence-corrected chi connectivity index (χ4v) is 3.94. The van der Waals surface area contributed by atoms with E-state index in [9.17, 15) is 24.8 Å². The van der Waals surface area contributed by atoms with Gasteiger partial charge >= 0.3 is 0 Å². The second-order valence-electron chi connectivity index (χ2n) is 7.18. The molecule has 34 heavy (non-hydrogen) atoms. The number of nitro benzene ring substituents is 1. The van der Waals surface area contributed by atoms with Crippen LogP contribution in [0.4, 0.5) is 11.4 Å². The number of anilines is 1. The summed E-state index contributed by atoms with van der Waals surface area (Å²) in [7, 11) is 1.64. The first-order valence-corrected chi connectivity index (χ1v) is 11.3. The van der Waals surface area contributed by atoms with Crippen LogP contribution in [-0.2, 0) is 11.8 Å². The second kappa shape index (κ2) is 11.1. The van der Waals surface area contributed by atoms with Gasteiger partial charge in [-0.3, -0.25) is 19.7 Å². The molecule has 0 bridgehead atoms. The monoisotopic (exact) mass is 504 g/mol. The molecule has 0 aliphatic carbocycles. The Morgan fingerprint density at radius 3 is 2.68 bits per heavy atom. The minimum absolute atomic E-state index is 0.0378. The number of rotatable bonds is 9. The number of aromatic nitrogens is 3. The SMILES string of the molecule is Cc1ccc([N+](=O)[O-])cc1NC(=O)CSc1nnc([C@@H](CO)NC(=O)c2ccccc2Cl)n1C. The Bertz CT molecular complexity index is 1230. The zero-order valence-electron chi connectivity index (χ0n) is 18.2. The Kier molecular flexibility index (Phi) is 8.21. The Balaban J connectivity index is 1.65. The normalized spacial score (nSPS) is 11.6. The van der Waals surface area contributed by atoms with E-state index >= 15 is 0 Å². The van der Waals surface area contributed by atoms with Crippen LogP contribution in [0.5, 0.6) is 0 Å². The molecular weight excluding hydrogens is 484 g/mol. The van der Waals surface area contributed by atoms with Crippen molar-refractivity contribution in [3.8, 4) is 0 Å². The Hall–Kier alpha value is -3.48. The van der Waals surface area contributed by atoms with Gasteiger partial charge in [0.2, 0.25) is 5.91 Å². The summed E-state index contributed by atoms with van der Waals surface area (Å²) in [5.41, 5.74) is 1.17. The highest BCUT2D eigenvalue weighted by Crippen LogP contribution is 2.24. The maximum absolute atomic E-state index is 12.5. The van der Waals surface area contributed by atoms with Crippen molar-refractivity contribution in [3.63, 3.8) is 0 Å². The quantitative estimate of drug-likeness (QED) is 0.228. The second-order valence-corrected chi connectivity index (χ2v) is 8.53. The Morgan fingerprint density at radius 1 is 1.26 bits per heavy atom. The van der Waals surface area contributed by atoms with E-state index in [0.717, 1.165) is 11.8 Å². The highest BCUT2D eigenvalue weighted by Gasteiger charge is 2.23. The molecule has 0 saturated heterocycles. The number of amides is 2. The van der Waals surface area contributed by atoms with E-state index in [1.165, 1.54) is 12.1 Å². The number of aliphatic hydroxyl groups is 1. The van der Waals surface area contributed by atoms with Gasteiger partial charge in [-0.15, -0.1) is 10.2 Å². The number of aliphatic hydroxyl groups excluding tert-OH is 1. The summed E-state index contributed by atoms with van der Waals surface area (Å²) in [5, 5.41) is 34.8. The zero-order chi connectivity index (χ0) is 24.8. The molecule has 0 aliphatic heterocycles. The number of nitrogens with one attached hydrogen (secondary N) is 2. The molecule has 0 fully saturated rings. The molecule has 0 unspecified atom stereocenters. The summed E-state index contributed by atoms with van der Waals surface area (Å²) >= 11 is 7.14. The van der Waals surface area contributed by atoms with Crippen molar-refractivity contribution in [3.05, 3.63) is 74.6 Å².